The zero-order valence-electron chi connectivity index (χ0n) is 11.2. The van der Waals surface area contributed by atoms with Crippen LogP contribution in [0.3, 0.4) is 0 Å². The van der Waals surface area contributed by atoms with Crippen LogP contribution in [0.2, 0.25) is 0 Å². The molecule has 2 aromatic rings. The molecule has 1 heterocycles. The number of nitrogens with zero attached hydrogens (tertiary/aromatic N) is 1. The van der Waals surface area contributed by atoms with Crippen LogP contribution >= 0.6 is 11.3 Å². The summed E-state index contributed by atoms with van der Waals surface area (Å²) in [7, 11) is 0. The van der Waals surface area contributed by atoms with Gasteiger partial charge >= 0.3 is 0 Å². The lowest BCUT2D eigenvalue weighted by Gasteiger charge is -2.05. The molecule has 0 bridgehead atoms. The fourth-order valence-electron chi connectivity index (χ4n) is 1.68. The summed E-state index contributed by atoms with van der Waals surface area (Å²) in [6.45, 7) is 1.88. The zero-order chi connectivity index (χ0) is 14.5. The molecular weight excluding hydrogens is 274 g/mol. The third kappa shape index (κ3) is 4.04. The molecule has 5 nitrogen and oxygen atoms in total. The Morgan fingerprint density at radius 3 is 3.05 bits per heavy atom. The maximum atomic E-state index is 11.6. The third-order valence-electron chi connectivity index (χ3n) is 2.62. The molecule has 2 rings (SSSR count). The highest BCUT2D eigenvalue weighted by molar-refractivity contribution is 7.13. The molecule has 0 spiro atoms. The highest BCUT2D eigenvalue weighted by atomic mass is 32.1. The molecule has 0 fully saturated rings. The number of thiazole rings is 1. The SMILES string of the molecule is CC(O)CNC(=O)Cc1csc(-c2cccc(N)c2)n1. The Labute approximate surface area is 121 Å². The lowest BCUT2D eigenvalue weighted by atomic mass is 10.2. The summed E-state index contributed by atoms with van der Waals surface area (Å²) in [5, 5.41) is 14.5. The normalized spacial score (nSPS) is 12.1. The van der Waals surface area contributed by atoms with Gasteiger partial charge in [0.25, 0.3) is 0 Å². The van der Waals surface area contributed by atoms with Gasteiger partial charge in [-0.25, -0.2) is 4.98 Å². The van der Waals surface area contributed by atoms with Crippen molar-refractivity contribution in [2.75, 3.05) is 12.3 Å². The van der Waals surface area contributed by atoms with E-state index in [0.29, 0.717) is 5.69 Å². The van der Waals surface area contributed by atoms with Crippen molar-refractivity contribution in [2.45, 2.75) is 19.4 Å². The van der Waals surface area contributed by atoms with Gasteiger partial charge in [-0.15, -0.1) is 11.3 Å². The van der Waals surface area contributed by atoms with E-state index < -0.39 is 6.10 Å². The Bertz CT molecular complexity index is 596. The van der Waals surface area contributed by atoms with Gasteiger partial charge in [0, 0.05) is 23.2 Å². The molecule has 1 amide bonds. The van der Waals surface area contributed by atoms with Gasteiger partial charge in [-0.3, -0.25) is 4.79 Å². The molecule has 0 aliphatic heterocycles. The lowest BCUT2D eigenvalue weighted by Crippen LogP contribution is -2.31. The first-order valence-corrected chi connectivity index (χ1v) is 7.17. The number of aromatic nitrogens is 1. The molecule has 1 aromatic carbocycles. The van der Waals surface area contributed by atoms with E-state index in [4.69, 9.17) is 10.8 Å². The van der Waals surface area contributed by atoms with E-state index in [1.54, 1.807) is 6.92 Å². The van der Waals surface area contributed by atoms with Gasteiger partial charge in [-0.2, -0.15) is 0 Å². The van der Waals surface area contributed by atoms with Crippen LogP contribution in [0, 0.1) is 0 Å². The minimum absolute atomic E-state index is 0.143. The molecule has 0 saturated heterocycles. The highest BCUT2D eigenvalue weighted by Crippen LogP contribution is 2.25. The number of hydrogen-bond acceptors (Lipinski definition) is 5. The predicted octanol–water partition coefficient (Wildman–Crippen LogP) is 1.43. The lowest BCUT2D eigenvalue weighted by molar-refractivity contribution is -0.120. The van der Waals surface area contributed by atoms with Crippen molar-refractivity contribution >= 4 is 22.9 Å². The van der Waals surface area contributed by atoms with E-state index in [-0.39, 0.29) is 18.9 Å². The van der Waals surface area contributed by atoms with E-state index in [0.717, 1.165) is 16.3 Å². The molecule has 0 aliphatic rings. The van der Waals surface area contributed by atoms with Crippen LogP contribution in [0.1, 0.15) is 12.6 Å². The average molecular weight is 291 g/mol. The Morgan fingerprint density at radius 2 is 2.35 bits per heavy atom. The Kier molecular flexibility index (Phi) is 4.70. The molecule has 0 radical (unpaired) electrons. The molecular formula is C14H17N3O2S. The first kappa shape index (κ1) is 14.5. The topological polar surface area (TPSA) is 88.2 Å². The number of carbonyl (C=O) groups excluding carboxylic acids is 1. The van der Waals surface area contributed by atoms with Crippen molar-refractivity contribution in [3.05, 3.63) is 35.3 Å². The molecule has 0 aliphatic carbocycles. The van der Waals surface area contributed by atoms with Gasteiger partial charge in [0.1, 0.15) is 5.01 Å². The van der Waals surface area contributed by atoms with Crippen molar-refractivity contribution < 1.29 is 9.90 Å². The fraction of sp³-hybridized carbons (Fsp3) is 0.286. The van der Waals surface area contributed by atoms with Crippen molar-refractivity contribution in [1.29, 1.82) is 0 Å². The first-order valence-electron chi connectivity index (χ1n) is 6.29. The van der Waals surface area contributed by atoms with Gasteiger partial charge in [-0.05, 0) is 19.1 Å². The second kappa shape index (κ2) is 6.49. The van der Waals surface area contributed by atoms with Crippen molar-refractivity contribution in [3.8, 4) is 10.6 Å². The number of nitrogen functional groups attached to an aromatic ring is 1. The van der Waals surface area contributed by atoms with Crippen molar-refractivity contribution in [1.82, 2.24) is 10.3 Å². The van der Waals surface area contributed by atoms with E-state index in [9.17, 15) is 4.79 Å². The van der Waals surface area contributed by atoms with Gasteiger partial charge in [0.2, 0.25) is 5.91 Å². The molecule has 4 N–H and O–H groups in total. The van der Waals surface area contributed by atoms with Gasteiger partial charge in [0.05, 0.1) is 18.2 Å². The van der Waals surface area contributed by atoms with E-state index in [1.165, 1.54) is 11.3 Å². The van der Waals surface area contributed by atoms with Crippen LogP contribution in [0.5, 0.6) is 0 Å². The molecule has 106 valence electrons. The summed E-state index contributed by atoms with van der Waals surface area (Å²) in [5.41, 5.74) is 8.10. The number of amides is 1. The highest BCUT2D eigenvalue weighted by Gasteiger charge is 2.09. The second-order valence-corrected chi connectivity index (χ2v) is 5.46. The number of nitrogens with two attached hydrogens (primary N) is 1. The summed E-state index contributed by atoms with van der Waals surface area (Å²) < 4.78 is 0. The minimum Gasteiger partial charge on any atom is -0.399 e. The van der Waals surface area contributed by atoms with Crippen LogP contribution in [0.4, 0.5) is 5.69 Å². The third-order valence-corrected chi connectivity index (χ3v) is 3.56. The number of nitrogens with one attached hydrogen (secondary N) is 1. The summed E-state index contributed by atoms with van der Waals surface area (Å²) in [4.78, 5) is 16.1. The Morgan fingerprint density at radius 1 is 1.55 bits per heavy atom. The second-order valence-electron chi connectivity index (χ2n) is 4.60. The van der Waals surface area contributed by atoms with E-state index in [1.807, 2.05) is 29.6 Å². The maximum absolute atomic E-state index is 11.6. The van der Waals surface area contributed by atoms with Crippen LogP contribution in [-0.2, 0) is 11.2 Å². The quantitative estimate of drug-likeness (QED) is 0.727. The zero-order valence-corrected chi connectivity index (χ0v) is 12.0. The number of carbonyl (C=O) groups is 1. The monoisotopic (exact) mass is 291 g/mol. The number of rotatable bonds is 5. The van der Waals surface area contributed by atoms with Crippen LogP contribution < -0.4 is 11.1 Å². The maximum Gasteiger partial charge on any atom is 0.226 e. The first-order chi connectivity index (χ1) is 9.54. The summed E-state index contributed by atoms with van der Waals surface area (Å²) in [6, 6.07) is 7.49. The molecule has 1 aromatic heterocycles. The Balaban J connectivity index is 2.00. The van der Waals surface area contributed by atoms with E-state index >= 15 is 0 Å². The van der Waals surface area contributed by atoms with Crippen molar-refractivity contribution in [3.63, 3.8) is 0 Å². The molecule has 1 atom stereocenters. The number of hydrogen-bond donors (Lipinski definition) is 3. The summed E-state index contributed by atoms with van der Waals surface area (Å²) in [6.07, 6.45) is -0.330. The number of aliphatic hydroxyl groups is 1. The molecule has 1 unspecified atom stereocenters. The predicted molar refractivity (Wildman–Crippen MR) is 80.4 cm³/mol. The fourth-order valence-corrected chi connectivity index (χ4v) is 2.50. The average Bonchev–Trinajstić information content (AvgIpc) is 2.85. The van der Waals surface area contributed by atoms with Gasteiger partial charge in [-0.1, -0.05) is 12.1 Å². The standard InChI is InChI=1S/C14H17N3O2S/c1-9(18)7-16-13(19)6-12-8-20-14(17-12)10-3-2-4-11(15)5-10/h2-5,8-9,18H,6-7,15H2,1H3,(H,16,19). The molecule has 6 heteroatoms. The molecule has 0 saturated carbocycles. The van der Waals surface area contributed by atoms with Gasteiger partial charge in [0.15, 0.2) is 0 Å². The summed E-state index contributed by atoms with van der Waals surface area (Å²) >= 11 is 1.48. The number of aliphatic hydroxyl groups excluding tert-OH is 1. The summed E-state index contributed by atoms with van der Waals surface area (Å²) in [5.74, 6) is -0.143. The van der Waals surface area contributed by atoms with Crippen LogP contribution in [0.15, 0.2) is 29.6 Å². The minimum atomic E-state index is -0.544. The van der Waals surface area contributed by atoms with Gasteiger partial charge < -0.3 is 16.2 Å². The Hall–Kier alpha value is -1.92. The van der Waals surface area contributed by atoms with Crippen molar-refractivity contribution in [2.24, 2.45) is 0 Å². The van der Waals surface area contributed by atoms with Crippen LogP contribution in [-0.4, -0.2) is 28.6 Å². The molecule has 20 heavy (non-hydrogen) atoms. The largest absolute Gasteiger partial charge is 0.399 e. The number of anilines is 1. The number of benzene rings is 1. The van der Waals surface area contributed by atoms with E-state index in [2.05, 4.69) is 10.3 Å². The smallest absolute Gasteiger partial charge is 0.226 e. The van der Waals surface area contributed by atoms with Crippen LogP contribution in [0.25, 0.3) is 10.6 Å².